The highest BCUT2D eigenvalue weighted by Crippen LogP contribution is 2.33. The Hall–Kier alpha value is -2.91. The van der Waals surface area contributed by atoms with Gasteiger partial charge >= 0.3 is 5.97 Å². The van der Waals surface area contributed by atoms with Gasteiger partial charge in [0.1, 0.15) is 12.4 Å². The number of rotatable bonds is 5. The van der Waals surface area contributed by atoms with E-state index in [2.05, 4.69) is 9.83 Å². The summed E-state index contributed by atoms with van der Waals surface area (Å²) in [6.45, 7) is 8.52. The molecule has 1 aliphatic heterocycles. The van der Waals surface area contributed by atoms with Crippen LogP contribution in [0.4, 0.5) is 5.69 Å². The molecule has 1 aliphatic rings. The van der Waals surface area contributed by atoms with Crippen LogP contribution in [0.1, 0.15) is 23.2 Å². The summed E-state index contributed by atoms with van der Waals surface area (Å²) in [5.41, 5.74) is 1.70. The maximum absolute atomic E-state index is 11.1. The van der Waals surface area contributed by atoms with Crippen molar-refractivity contribution < 1.29 is 19.4 Å². The fourth-order valence-electron chi connectivity index (χ4n) is 2.57. The molecular weight excluding hydrogens is 308 g/mol. The average Bonchev–Trinajstić information content (AvgIpc) is 3.13. The van der Waals surface area contributed by atoms with Gasteiger partial charge in [0.15, 0.2) is 0 Å². The number of benzene rings is 1. The minimum absolute atomic E-state index is 0.0807. The molecule has 0 aliphatic carbocycles. The van der Waals surface area contributed by atoms with Gasteiger partial charge in [-0.2, -0.15) is 0 Å². The first-order valence-corrected chi connectivity index (χ1v) is 7.63. The number of hydrogen-bond donors (Lipinski definition) is 1. The van der Waals surface area contributed by atoms with Crippen molar-refractivity contribution in [1.29, 1.82) is 0 Å². The molecule has 1 N–H and O–H groups in total. The Kier molecular flexibility index (Phi) is 4.73. The quantitative estimate of drug-likeness (QED) is 0.851. The van der Waals surface area contributed by atoms with E-state index in [1.54, 1.807) is 18.2 Å². The standard InChI is InChI=1S/C18H16N2O4/c1-19-16-9-12(15-10-13(18(21)22)6-7-20-15)4-5-17(16)24-11-14-3-2-8-23-14/h4-7,9-10,14H,2-3,8,11H2,(H,21,22). The lowest BCUT2D eigenvalue weighted by atomic mass is 10.1. The maximum atomic E-state index is 11.1. The third-order valence-corrected chi connectivity index (χ3v) is 3.83. The zero-order valence-corrected chi connectivity index (χ0v) is 12.9. The number of aromatic carboxylic acids is 1. The Balaban J connectivity index is 1.82. The van der Waals surface area contributed by atoms with Crippen molar-refractivity contribution >= 4 is 11.7 Å². The molecule has 122 valence electrons. The van der Waals surface area contributed by atoms with Gasteiger partial charge in [-0.15, -0.1) is 0 Å². The summed E-state index contributed by atoms with van der Waals surface area (Å²) in [6, 6.07) is 8.06. The van der Waals surface area contributed by atoms with Gasteiger partial charge in [0.05, 0.1) is 23.9 Å². The van der Waals surface area contributed by atoms with Gasteiger partial charge in [-0.25, -0.2) is 9.64 Å². The second-order valence-electron chi connectivity index (χ2n) is 5.48. The number of ether oxygens (including phenoxy) is 2. The molecule has 1 aromatic heterocycles. The Bertz CT molecular complexity index is 792. The van der Waals surface area contributed by atoms with E-state index in [-0.39, 0.29) is 11.7 Å². The van der Waals surface area contributed by atoms with E-state index in [1.807, 2.05) is 0 Å². The molecule has 0 saturated carbocycles. The smallest absolute Gasteiger partial charge is 0.335 e. The molecule has 6 heteroatoms. The van der Waals surface area contributed by atoms with Crippen LogP contribution in [0, 0.1) is 6.57 Å². The first kappa shape index (κ1) is 16.0. The Labute approximate surface area is 139 Å². The topological polar surface area (TPSA) is 73.0 Å². The van der Waals surface area contributed by atoms with Crippen LogP contribution in [0.15, 0.2) is 36.5 Å². The van der Waals surface area contributed by atoms with E-state index in [9.17, 15) is 4.79 Å². The number of nitrogens with zero attached hydrogens (tertiary/aromatic N) is 2. The Morgan fingerprint density at radius 2 is 2.29 bits per heavy atom. The first-order chi connectivity index (χ1) is 11.7. The van der Waals surface area contributed by atoms with E-state index < -0.39 is 5.97 Å². The molecular formula is C18H16N2O4. The third-order valence-electron chi connectivity index (χ3n) is 3.83. The maximum Gasteiger partial charge on any atom is 0.335 e. The van der Waals surface area contributed by atoms with Gasteiger partial charge in [0.2, 0.25) is 5.69 Å². The molecule has 6 nitrogen and oxygen atoms in total. The second-order valence-corrected chi connectivity index (χ2v) is 5.48. The van der Waals surface area contributed by atoms with Crippen molar-refractivity contribution in [3.05, 3.63) is 53.5 Å². The van der Waals surface area contributed by atoms with E-state index in [4.69, 9.17) is 21.2 Å². The Morgan fingerprint density at radius 3 is 3.00 bits per heavy atom. The van der Waals surface area contributed by atoms with Crippen LogP contribution in [0.25, 0.3) is 16.1 Å². The molecule has 1 fully saturated rings. The van der Waals surface area contributed by atoms with Gasteiger partial charge in [-0.3, -0.25) is 4.98 Å². The van der Waals surface area contributed by atoms with E-state index in [1.165, 1.54) is 18.3 Å². The second kappa shape index (κ2) is 7.11. The van der Waals surface area contributed by atoms with E-state index >= 15 is 0 Å². The number of carbonyl (C=O) groups is 1. The molecule has 3 rings (SSSR count). The minimum atomic E-state index is -1.01. The lowest BCUT2D eigenvalue weighted by molar-refractivity contribution is 0.0682. The number of aromatic nitrogens is 1. The zero-order valence-electron chi connectivity index (χ0n) is 12.9. The summed E-state index contributed by atoms with van der Waals surface area (Å²) >= 11 is 0. The zero-order chi connectivity index (χ0) is 16.9. The molecule has 1 aromatic carbocycles. The normalized spacial score (nSPS) is 16.5. The summed E-state index contributed by atoms with van der Waals surface area (Å²) < 4.78 is 11.2. The minimum Gasteiger partial charge on any atom is -0.502 e. The largest absolute Gasteiger partial charge is 0.502 e. The number of hydrogen-bond acceptors (Lipinski definition) is 4. The summed E-state index contributed by atoms with van der Waals surface area (Å²) in [7, 11) is 0. The number of pyridine rings is 1. The first-order valence-electron chi connectivity index (χ1n) is 7.63. The molecule has 24 heavy (non-hydrogen) atoms. The van der Waals surface area contributed by atoms with Gasteiger partial charge < -0.3 is 14.6 Å². The third kappa shape index (κ3) is 3.53. The molecule has 1 unspecified atom stereocenters. The summed E-state index contributed by atoms with van der Waals surface area (Å²) in [6.07, 6.45) is 3.53. The van der Waals surface area contributed by atoms with E-state index in [0.29, 0.717) is 29.3 Å². The molecule has 2 aromatic rings. The van der Waals surface area contributed by atoms with Crippen LogP contribution in [0.5, 0.6) is 5.75 Å². The van der Waals surface area contributed by atoms with Crippen LogP contribution in [0.2, 0.25) is 0 Å². The number of carboxylic acid groups (broad SMARTS) is 1. The lowest BCUT2D eigenvalue weighted by Crippen LogP contribution is -2.16. The SMILES string of the molecule is [C-]#[N+]c1cc(-c2cc(C(=O)O)ccn2)ccc1OCC1CCCO1. The van der Waals surface area contributed by atoms with Crippen LogP contribution in [0.3, 0.4) is 0 Å². The lowest BCUT2D eigenvalue weighted by Gasteiger charge is -2.13. The van der Waals surface area contributed by atoms with Gasteiger partial charge in [0.25, 0.3) is 0 Å². The molecule has 0 amide bonds. The predicted molar refractivity (Wildman–Crippen MR) is 87.4 cm³/mol. The van der Waals surface area contributed by atoms with Crippen LogP contribution in [-0.4, -0.2) is 35.4 Å². The van der Waals surface area contributed by atoms with Crippen molar-refractivity contribution in [2.75, 3.05) is 13.2 Å². The van der Waals surface area contributed by atoms with Gasteiger partial charge in [-0.1, -0.05) is 6.07 Å². The van der Waals surface area contributed by atoms with Crippen molar-refractivity contribution in [3.8, 4) is 17.0 Å². The fraction of sp³-hybridized carbons (Fsp3) is 0.278. The molecule has 1 saturated heterocycles. The molecule has 1 atom stereocenters. The molecule has 0 spiro atoms. The fourth-order valence-corrected chi connectivity index (χ4v) is 2.57. The highest BCUT2D eigenvalue weighted by Gasteiger charge is 2.17. The molecule has 0 bridgehead atoms. The Morgan fingerprint density at radius 1 is 1.42 bits per heavy atom. The van der Waals surface area contributed by atoms with Gasteiger partial charge in [-0.05, 0) is 42.7 Å². The summed E-state index contributed by atoms with van der Waals surface area (Å²) in [4.78, 5) is 18.7. The molecule has 0 radical (unpaired) electrons. The number of carboxylic acids is 1. The van der Waals surface area contributed by atoms with Crippen molar-refractivity contribution in [3.63, 3.8) is 0 Å². The summed E-state index contributed by atoms with van der Waals surface area (Å²) in [5.74, 6) is -0.515. The van der Waals surface area contributed by atoms with Crippen LogP contribution < -0.4 is 4.74 Å². The molecule has 2 heterocycles. The highest BCUT2D eigenvalue weighted by molar-refractivity contribution is 5.89. The average molecular weight is 324 g/mol. The predicted octanol–water partition coefficient (Wildman–Crippen LogP) is 3.56. The summed E-state index contributed by atoms with van der Waals surface area (Å²) in [5, 5.41) is 9.07. The van der Waals surface area contributed by atoms with Crippen LogP contribution >= 0.6 is 0 Å². The van der Waals surface area contributed by atoms with Crippen LogP contribution in [-0.2, 0) is 4.74 Å². The van der Waals surface area contributed by atoms with Crippen molar-refractivity contribution in [1.82, 2.24) is 4.98 Å². The van der Waals surface area contributed by atoms with Crippen molar-refractivity contribution in [2.45, 2.75) is 18.9 Å². The highest BCUT2D eigenvalue weighted by atomic mass is 16.5. The van der Waals surface area contributed by atoms with Gasteiger partial charge in [0, 0.05) is 12.8 Å². The van der Waals surface area contributed by atoms with Crippen molar-refractivity contribution in [2.24, 2.45) is 0 Å². The van der Waals surface area contributed by atoms with E-state index in [0.717, 1.165) is 19.4 Å². The monoisotopic (exact) mass is 324 g/mol.